The first-order valence-corrected chi connectivity index (χ1v) is 8.68. The molecule has 7 nitrogen and oxygen atoms in total. The van der Waals surface area contributed by atoms with Crippen LogP contribution in [-0.2, 0) is 20.9 Å². The van der Waals surface area contributed by atoms with Crippen molar-refractivity contribution < 1.29 is 14.3 Å². The number of nitrogens with zero attached hydrogens (tertiary/aromatic N) is 3. The van der Waals surface area contributed by atoms with Crippen LogP contribution in [0.15, 0.2) is 24.3 Å². The lowest BCUT2D eigenvalue weighted by atomic mass is 9.97. The number of aryl methyl sites for hydroxylation is 1. The average Bonchev–Trinajstić information content (AvgIpc) is 3.04. The molecule has 0 bridgehead atoms. The number of methoxy groups -OCH3 is 1. The number of hydrogen-bond acceptors (Lipinski definition) is 5. The van der Waals surface area contributed by atoms with Crippen LogP contribution in [0.5, 0.6) is 0 Å². The van der Waals surface area contributed by atoms with Gasteiger partial charge in [0.2, 0.25) is 11.9 Å². The number of carbonyl (C=O) groups is 2. The van der Waals surface area contributed by atoms with E-state index in [1.165, 1.54) is 7.11 Å². The number of fused-ring (bicyclic) bond motifs is 1. The number of benzene rings is 1. The van der Waals surface area contributed by atoms with Crippen molar-refractivity contribution >= 4 is 28.9 Å². The van der Waals surface area contributed by atoms with Crippen molar-refractivity contribution in [2.24, 2.45) is 5.92 Å². The molecule has 1 aromatic heterocycles. The number of piperidine rings is 1. The molecule has 0 radical (unpaired) electrons. The Morgan fingerprint density at radius 1 is 1.36 bits per heavy atom. The lowest BCUT2D eigenvalue weighted by molar-refractivity contribution is -0.141. The molecule has 2 heterocycles. The zero-order chi connectivity index (χ0) is 17.8. The predicted molar refractivity (Wildman–Crippen MR) is 95.4 cm³/mol. The van der Waals surface area contributed by atoms with Crippen molar-refractivity contribution in [2.75, 3.05) is 31.6 Å². The van der Waals surface area contributed by atoms with Gasteiger partial charge in [0, 0.05) is 19.6 Å². The number of amides is 1. The first kappa shape index (κ1) is 17.3. The third kappa shape index (κ3) is 3.60. The van der Waals surface area contributed by atoms with Crippen LogP contribution in [0.2, 0.25) is 0 Å². The second kappa shape index (κ2) is 7.55. The minimum absolute atomic E-state index is 0.0840. The lowest BCUT2D eigenvalue weighted by Gasteiger charge is -2.33. The summed E-state index contributed by atoms with van der Waals surface area (Å²) in [5, 5.41) is 2.66. The Hall–Kier alpha value is -2.57. The number of para-hydroxylation sites is 2. The van der Waals surface area contributed by atoms with E-state index in [-0.39, 0.29) is 18.4 Å². The van der Waals surface area contributed by atoms with Crippen molar-refractivity contribution in [3.8, 4) is 0 Å². The van der Waals surface area contributed by atoms with Gasteiger partial charge in [-0.15, -0.1) is 0 Å². The topological polar surface area (TPSA) is 76.5 Å². The molecular formula is C18H24N4O3. The van der Waals surface area contributed by atoms with Crippen molar-refractivity contribution in [3.63, 3.8) is 0 Å². The second-order valence-electron chi connectivity index (χ2n) is 6.22. The van der Waals surface area contributed by atoms with Gasteiger partial charge in [0.25, 0.3) is 0 Å². The summed E-state index contributed by atoms with van der Waals surface area (Å²) in [6, 6.07) is 8.08. The van der Waals surface area contributed by atoms with Crippen LogP contribution >= 0.6 is 0 Å². The molecule has 134 valence electrons. The smallest absolute Gasteiger partial charge is 0.325 e. The molecular weight excluding hydrogens is 320 g/mol. The fraction of sp³-hybridized carbons (Fsp3) is 0.500. The average molecular weight is 344 g/mol. The number of imidazole rings is 1. The van der Waals surface area contributed by atoms with Crippen LogP contribution in [0.25, 0.3) is 11.0 Å². The number of nitrogens with one attached hydrogen (secondary N) is 1. The van der Waals surface area contributed by atoms with E-state index in [0.717, 1.165) is 42.9 Å². The van der Waals surface area contributed by atoms with E-state index < -0.39 is 5.97 Å². The number of carbonyl (C=O) groups excluding carboxylic acids is 2. The van der Waals surface area contributed by atoms with Gasteiger partial charge in [0.1, 0.15) is 6.54 Å². The van der Waals surface area contributed by atoms with Gasteiger partial charge in [-0.3, -0.25) is 9.59 Å². The summed E-state index contributed by atoms with van der Waals surface area (Å²) in [5.74, 6) is 0.223. The molecule has 1 fully saturated rings. The fourth-order valence-electron chi connectivity index (χ4n) is 3.36. The van der Waals surface area contributed by atoms with Crippen molar-refractivity contribution in [2.45, 2.75) is 26.3 Å². The molecule has 25 heavy (non-hydrogen) atoms. The molecule has 0 saturated carbocycles. The molecule has 1 aliphatic heterocycles. The number of anilines is 1. The maximum absolute atomic E-state index is 12.3. The number of rotatable bonds is 5. The summed E-state index contributed by atoms with van der Waals surface area (Å²) in [4.78, 5) is 30.5. The van der Waals surface area contributed by atoms with Crippen LogP contribution in [-0.4, -0.2) is 48.2 Å². The van der Waals surface area contributed by atoms with E-state index >= 15 is 0 Å². The summed E-state index contributed by atoms with van der Waals surface area (Å²) >= 11 is 0. The highest BCUT2D eigenvalue weighted by molar-refractivity contribution is 5.84. The van der Waals surface area contributed by atoms with Crippen LogP contribution in [0, 0.1) is 5.92 Å². The van der Waals surface area contributed by atoms with Crippen molar-refractivity contribution in [1.29, 1.82) is 0 Å². The van der Waals surface area contributed by atoms with E-state index in [4.69, 9.17) is 4.98 Å². The van der Waals surface area contributed by atoms with Gasteiger partial charge >= 0.3 is 5.97 Å². The predicted octanol–water partition coefficient (Wildman–Crippen LogP) is 1.56. The van der Waals surface area contributed by atoms with E-state index in [1.54, 1.807) is 0 Å². The molecule has 1 saturated heterocycles. The molecule has 2 aromatic rings. The van der Waals surface area contributed by atoms with Crippen molar-refractivity contribution in [3.05, 3.63) is 24.3 Å². The van der Waals surface area contributed by atoms with Crippen LogP contribution < -0.4 is 10.2 Å². The Morgan fingerprint density at radius 3 is 2.92 bits per heavy atom. The molecule has 1 aliphatic rings. The van der Waals surface area contributed by atoms with Gasteiger partial charge in [-0.05, 0) is 31.9 Å². The van der Waals surface area contributed by atoms with Gasteiger partial charge in [0.05, 0.1) is 24.1 Å². The quantitative estimate of drug-likeness (QED) is 0.833. The summed E-state index contributed by atoms with van der Waals surface area (Å²) in [6.07, 6.45) is 1.74. The normalized spacial score (nSPS) is 17.5. The Balaban J connectivity index is 1.75. The van der Waals surface area contributed by atoms with Crippen LogP contribution in [0.4, 0.5) is 5.95 Å². The van der Waals surface area contributed by atoms with Gasteiger partial charge in [-0.2, -0.15) is 0 Å². The molecule has 1 atom stereocenters. The zero-order valence-corrected chi connectivity index (χ0v) is 14.7. The first-order chi connectivity index (χ1) is 12.1. The zero-order valence-electron chi connectivity index (χ0n) is 14.7. The molecule has 0 unspecified atom stereocenters. The molecule has 0 spiro atoms. The number of ether oxygens (including phenoxy) is 1. The largest absolute Gasteiger partial charge is 0.468 e. The standard InChI is InChI=1S/C18H24N4O3/c1-3-22-15-9-5-4-8-14(15)20-18(22)21-10-6-7-13(12-21)17(24)19-11-16(23)25-2/h4-5,8-9,13H,3,6-7,10-12H2,1-2H3,(H,19,24)/t13-/m0/s1. The molecule has 1 aromatic carbocycles. The van der Waals surface area contributed by atoms with E-state index in [0.29, 0.717) is 6.54 Å². The van der Waals surface area contributed by atoms with Crippen molar-refractivity contribution in [1.82, 2.24) is 14.9 Å². The Bertz CT molecular complexity index is 771. The number of aromatic nitrogens is 2. The fourth-order valence-corrected chi connectivity index (χ4v) is 3.36. The van der Waals surface area contributed by atoms with E-state index in [9.17, 15) is 9.59 Å². The van der Waals surface area contributed by atoms with Gasteiger partial charge in [0.15, 0.2) is 0 Å². The van der Waals surface area contributed by atoms with Crippen LogP contribution in [0.1, 0.15) is 19.8 Å². The first-order valence-electron chi connectivity index (χ1n) is 8.68. The Morgan fingerprint density at radius 2 is 2.16 bits per heavy atom. The summed E-state index contributed by atoms with van der Waals surface area (Å²) in [7, 11) is 1.31. The molecule has 0 aliphatic carbocycles. The molecule has 1 N–H and O–H groups in total. The number of esters is 1. The minimum Gasteiger partial charge on any atom is -0.468 e. The maximum atomic E-state index is 12.3. The third-order valence-electron chi connectivity index (χ3n) is 4.66. The summed E-state index contributed by atoms with van der Waals surface area (Å²) < 4.78 is 6.75. The second-order valence-corrected chi connectivity index (χ2v) is 6.22. The highest BCUT2D eigenvalue weighted by atomic mass is 16.5. The monoisotopic (exact) mass is 344 g/mol. The van der Waals surface area contributed by atoms with Gasteiger partial charge in [-0.25, -0.2) is 4.98 Å². The molecule has 3 rings (SSSR count). The van der Waals surface area contributed by atoms with E-state index in [2.05, 4.69) is 32.5 Å². The Kier molecular flexibility index (Phi) is 5.21. The van der Waals surface area contributed by atoms with E-state index in [1.807, 2.05) is 18.2 Å². The summed E-state index contributed by atoms with van der Waals surface area (Å²) in [6.45, 7) is 4.33. The summed E-state index contributed by atoms with van der Waals surface area (Å²) in [5.41, 5.74) is 2.08. The van der Waals surface area contributed by atoms with Gasteiger partial charge < -0.3 is 19.5 Å². The SMILES string of the molecule is CCn1c(N2CCC[C@H](C(=O)NCC(=O)OC)C2)nc2ccccc21. The van der Waals surface area contributed by atoms with Gasteiger partial charge in [-0.1, -0.05) is 12.1 Å². The minimum atomic E-state index is -0.436. The highest BCUT2D eigenvalue weighted by Crippen LogP contribution is 2.27. The molecule has 1 amide bonds. The Labute approximate surface area is 147 Å². The third-order valence-corrected chi connectivity index (χ3v) is 4.66. The highest BCUT2D eigenvalue weighted by Gasteiger charge is 2.28. The molecule has 7 heteroatoms. The number of hydrogen-bond donors (Lipinski definition) is 1. The lowest BCUT2D eigenvalue weighted by Crippen LogP contribution is -2.45. The maximum Gasteiger partial charge on any atom is 0.325 e. The van der Waals surface area contributed by atoms with Crippen LogP contribution in [0.3, 0.4) is 0 Å².